The number of rotatable bonds is 3. The van der Waals surface area contributed by atoms with Crippen LogP contribution in [0.3, 0.4) is 0 Å². The highest BCUT2D eigenvalue weighted by atomic mass is 16.2. The van der Waals surface area contributed by atoms with Crippen molar-refractivity contribution in [3.8, 4) is 0 Å². The molecule has 1 heterocycles. The second-order valence-corrected chi connectivity index (χ2v) is 8.26. The first-order chi connectivity index (χ1) is 12.2. The average molecular weight is 336 g/mol. The second-order valence-electron chi connectivity index (χ2n) is 8.26. The van der Waals surface area contributed by atoms with Gasteiger partial charge in [-0.05, 0) is 74.3 Å². The molecule has 1 amide bonds. The van der Waals surface area contributed by atoms with Crippen LogP contribution in [0.5, 0.6) is 0 Å². The van der Waals surface area contributed by atoms with E-state index >= 15 is 0 Å². The third kappa shape index (κ3) is 2.48. The number of hydrogen-bond donors (Lipinski definition) is 2. The second kappa shape index (κ2) is 5.68. The van der Waals surface area contributed by atoms with Crippen LogP contribution < -0.4 is 10.9 Å². The van der Waals surface area contributed by atoms with Gasteiger partial charge in [-0.15, -0.1) is 0 Å². The van der Waals surface area contributed by atoms with Gasteiger partial charge in [0, 0.05) is 11.3 Å². The van der Waals surface area contributed by atoms with Crippen LogP contribution >= 0.6 is 0 Å². The number of fused-ring (bicyclic) bond motifs is 1. The fourth-order valence-corrected chi connectivity index (χ4v) is 5.89. The molecule has 2 aromatic rings. The number of nitrogens with one attached hydrogen (secondary N) is 2. The van der Waals surface area contributed by atoms with Gasteiger partial charge in [0.25, 0.3) is 0 Å². The molecule has 25 heavy (non-hydrogen) atoms. The predicted octanol–water partition coefficient (Wildman–Crippen LogP) is 3.45. The van der Waals surface area contributed by atoms with Gasteiger partial charge in [-0.1, -0.05) is 12.1 Å². The maximum Gasteiger partial charge on any atom is 0.242 e. The van der Waals surface area contributed by atoms with Gasteiger partial charge in [0.05, 0.1) is 5.52 Å². The first-order valence-electron chi connectivity index (χ1n) is 9.45. The van der Waals surface area contributed by atoms with E-state index in [0.29, 0.717) is 17.7 Å². The molecular formula is C20H24N4O. The van der Waals surface area contributed by atoms with Crippen LogP contribution in [0.4, 0.5) is 5.82 Å². The SMILES string of the molecule is Cc1cccc2c(NNC(=O)C3C4CC5CC(C4)CC3C5)ncnc12. The van der Waals surface area contributed by atoms with E-state index in [0.717, 1.165) is 28.3 Å². The highest BCUT2D eigenvalue weighted by molar-refractivity contribution is 5.91. The summed E-state index contributed by atoms with van der Waals surface area (Å²) in [5.74, 6) is 3.93. The zero-order valence-corrected chi connectivity index (χ0v) is 14.5. The molecule has 0 aliphatic heterocycles. The van der Waals surface area contributed by atoms with Gasteiger partial charge in [-0.25, -0.2) is 9.97 Å². The lowest BCUT2D eigenvalue weighted by atomic mass is 9.52. The Hall–Kier alpha value is -2.17. The minimum absolute atomic E-state index is 0.146. The summed E-state index contributed by atoms with van der Waals surface area (Å²) in [5.41, 5.74) is 8.06. The van der Waals surface area contributed by atoms with E-state index in [9.17, 15) is 4.79 Å². The molecule has 0 saturated heterocycles. The molecule has 4 fully saturated rings. The molecule has 1 aromatic carbocycles. The first-order valence-corrected chi connectivity index (χ1v) is 9.45. The van der Waals surface area contributed by atoms with Crippen molar-refractivity contribution in [3.05, 3.63) is 30.1 Å². The zero-order valence-electron chi connectivity index (χ0n) is 14.5. The molecule has 4 aliphatic rings. The van der Waals surface area contributed by atoms with Crippen LogP contribution in [0.15, 0.2) is 24.5 Å². The standard InChI is InChI=1S/C20H24N4O/c1-11-3-2-4-16-18(11)21-10-22-19(16)23-24-20(25)17-14-6-12-5-13(8-14)9-15(17)7-12/h2-4,10,12-15,17H,5-9H2,1H3,(H,24,25)(H,21,22,23). The third-order valence-corrected chi connectivity index (χ3v) is 6.70. The van der Waals surface area contributed by atoms with Crippen molar-refractivity contribution in [1.82, 2.24) is 15.4 Å². The number of nitrogens with zero attached hydrogens (tertiary/aromatic N) is 2. The average Bonchev–Trinajstić information content (AvgIpc) is 2.59. The molecular weight excluding hydrogens is 312 g/mol. The number of aromatic nitrogens is 2. The van der Waals surface area contributed by atoms with Gasteiger partial charge in [0.15, 0.2) is 5.82 Å². The monoisotopic (exact) mass is 336 g/mol. The highest BCUT2D eigenvalue weighted by Crippen LogP contribution is 2.56. The number of amides is 1. The Morgan fingerprint density at radius 1 is 1.04 bits per heavy atom. The number of anilines is 1. The third-order valence-electron chi connectivity index (χ3n) is 6.70. The quantitative estimate of drug-likeness (QED) is 0.843. The number of carbonyl (C=O) groups is 1. The molecule has 0 spiro atoms. The normalized spacial score (nSPS) is 32.8. The Balaban J connectivity index is 1.34. The van der Waals surface area contributed by atoms with Crippen LogP contribution in [-0.2, 0) is 4.79 Å². The van der Waals surface area contributed by atoms with Gasteiger partial charge < -0.3 is 0 Å². The van der Waals surface area contributed by atoms with E-state index in [1.165, 1.54) is 32.1 Å². The Bertz CT molecular complexity index is 806. The van der Waals surface area contributed by atoms with Crippen molar-refractivity contribution in [1.29, 1.82) is 0 Å². The summed E-state index contributed by atoms with van der Waals surface area (Å²) in [6, 6.07) is 6.01. The molecule has 130 valence electrons. The number of carbonyl (C=O) groups excluding carboxylic acids is 1. The summed E-state index contributed by atoms with van der Waals surface area (Å²) < 4.78 is 0. The van der Waals surface area contributed by atoms with Gasteiger partial charge in [0.2, 0.25) is 5.91 Å². The molecule has 4 saturated carbocycles. The van der Waals surface area contributed by atoms with Crippen LogP contribution in [0.2, 0.25) is 0 Å². The molecule has 6 rings (SSSR count). The molecule has 0 atom stereocenters. The molecule has 2 N–H and O–H groups in total. The van der Waals surface area contributed by atoms with E-state index < -0.39 is 0 Å². The Morgan fingerprint density at radius 2 is 1.76 bits per heavy atom. The number of aryl methyl sites for hydroxylation is 1. The largest absolute Gasteiger partial charge is 0.281 e. The predicted molar refractivity (Wildman–Crippen MR) is 96.6 cm³/mol. The number of hydrazine groups is 1. The summed E-state index contributed by atoms with van der Waals surface area (Å²) in [4.78, 5) is 21.6. The summed E-state index contributed by atoms with van der Waals surface area (Å²) in [7, 11) is 0. The molecule has 4 bridgehead atoms. The molecule has 4 aliphatic carbocycles. The molecule has 0 unspecified atom stereocenters. The van der Waals surface area contributed by atoms with Gasteiger partial charge in [-0.3, -0.25) is 15.6 Å². The van der Waals surface area contributed by atoms with Crippen LogP contribution in [0.25, 0.3) is 10.9 Å². The highest BCUT2D eigenvalue weighted by Gasteiger charge is 2.50. The van der Waals surface area contributed by atoms with Crippen molar-refractivity contribution in [2.24, 2.45) is 29.6 Å². The Kier molecular flexibility index (Phi) is 3.43. The number of para-hydroxylation sites is 1. The van der Waals surface area contributed by atoms with Crippen molar-refractivity contribution >= 4 is 22.6 Å². The van der Waals surface area contributed by atoms with Gasteiger partial charge in [0.1, 0.15) is 6.33 Å². The smallest absolute Gasteiger partial charge is 0.242 e. The van der Waals surface area contributed by atoms with Crippen LogP contribution in [0, 0.1) is 36.5 Å². The first kappa shape index (κ1) is 15.1. The molecule has 1 aromatic heterocycles. The van der Waals surface area contributed by atoms with Crippen molar-refractivity contribution in [3.63, 3.8) is 0 Å². The molecule has 5 nitrogen and oxygen atoms in total. The maximum atomic E-state index is 12.9. The van der Waals surface area contributed by atoms with Crippen LogP contribution in [0.1, 0.15) is 37.7 Å². The number of benzene rings is 1. The topological polar surface area (TPSA) is 66.9 Å². The zero-order chi connectivity index (χ0) is 17.0. The minimum atomic E-state index is 0.146. The van der Waals surface area contributed by atoms with Gasteiger partial charge >= 0.3 is 0 Å². The Labute approximate surface area is 147 Å². The van der Waals surface area contributed by atoms with Gasteiger partial charge in [-0.2, -0.15) is 0 Å². The van der Waals surface area contributed by atoms with Crippen molar-refractivity contribution in [2.75, 3.05) is 5.43 Å². The lowest BCUT2D eigenvalue weighted by molar-refractivity contribution is -0.137. The summed E-state index contributed by atoms with van der Waals surface area (Å²) in [5, 5.41) is 0.938. The van der Waals surface area contributed by atoms with E-state index in [-0.39, 0.29) is 11.8 Å². The minimum Gasteiger partial charge on any atom is -0.281 e. The Morgan fingerprint density at radius 3 is 2.48 bits per heavy atom. The van der Waals surface area contributed by atoms with Crippen molar-refractivity contribution < 1.29 is 4.79 Å². The molecule has 0 radical (unpaired) electrons. The van der Waals surface area contributed by atoms with E-state index in [1.807, 2.05) is 25.1 Å². The van der Waals surface area contributed by atoms with E-state index in [4.69, 9.17) is 0 Å². The summed E-state index contributed by atoms with van der Waals surface area (Å²) in [6.45, 7) is 2.03. The van der Waals surface area contributed by atoms with Crippen LogP contribution in [-0.4, -0.2) is 15.9 Å². The molecule has 5 heteroatoms. The van der Waals surface area contributed by atoms with E-state index in [1.54, 1.807) is 6.33 Å². The van der Waals surface area contributed by atoms with E-state index in [2.05, 4.69) is 20.8 Å². The fourth-order valence-electron chi connectivity index (χ4n) is 5.89. The lowest BCUT2D eigenvalue weighted by Crippen LogP contribution is -2.51. The fraction of sp³-hybridized carbons (Fsp3) is 0.550. The lowest BCUT2D eigenvalue weighted by Gasteiger charge is -2.53. The summed E-state index contributed by atoms with van der Waals surface area (Å²) >= 11 is 0. The maximum absolute atomic E-state index is 12.9. The number of hydrogen-bond acceptors (Lipinski definition) is 4. The summed E-state index contributed by atoms with van der Waals surface area (Å²) in [6.07, 6.45) is 7.96. The van der Waals surface area contributed by atoms with Crippen molar-refractivity contribution in [2.45, 2.75) is 39.0 Å².